The molecule has 0 amide bonds. The van der Waals surface area contributed by atoms with Gasteiger partial charge in [0, 0.05) is 19.5 Å². The fraction of sp³-hybridized carbons (Fsp3) is 0.172. The molecule has 5 rings (SSSR count). The van der Waals surface area contributed by atoms with Crippen molar-refractivity contribution in [2.24, 2.45) is 0 Å². The van der Waals surface area contributed by atoms with Crippen molar-refractivity contribution >= 4 is 38.5 Å². The topological polar surface area (TPSA) is 96.8 Å². The first-order chi connectivity index (χ1) is 17.7. The zero-order valence-corrected chi connectivity index (χ0v) is 21.3. The lowest BCUT2D eigenvalue weighted by molar-refractivity contribution is 0.0473. The van der Waals surface area contributed by atoms with Gasteiger partial charge in [-0.2, -0.15) is 0 Å². The summed E-state index contributed by atoms with van der Waals surface area (Å²) in [6.07, 6.45) is 3.40. The molecule has 0 radical (unpaired) electrons. The number of sulfonamides is 1. The van der Waals surface area contributed by atoms with Gasteiger partial charge in [0.05, 0.1) is 21.7 Å². The van der Waals surface area contributed by atoms with Gasteiger partial charge in [0.1, 0.15) is 12.4 Å². The molecule has 0 saturated heterocycles. The fourth-order valence-corrected chi connectivity index (χ4v) is 5.48. The standard InChI is InChI=1S/C29H26N2O5S/c1-31(2)37(34,35)23-7-5-6-20(17-23)18-36-29(33)27-24-8-3-4-9-26(24)30-28-21(12-15-25(27)28)16-19-10-13-22(32)14-11-19/h3-11,13-14,16-17,32H,12,15,18H2,1-2H3/b21-16+. The first-order valence-electron chi connectivity index (χ1n) is 11.8. The van der Waals surface area contributed by atoms with Crippen LogP contribution in [0.2, 0.25) is 0 Å². The summed E-state index contributed by atoms with van der Waals surface area (Å²) in [5.41, 5.74) is 5.35. The van der Waals surface area contributed by atoms with Gasteiger partial charge in [-0.15, -0.1) is 0 Å². The van der Waals surface area contributed by atoms with Crippen LogP contribution in [-0.4, -0.2) is 42.9 Å². The Bertz CT molecular complexity index is 1640. The number of esters is 1. The van der Waals surface area contributed by atoms with Gasteiger partial charge in [-0.25, -0.2) is 22.5 Å². The van der Waals surface area contributed by atoms with Crippen LogP contribution in [0.3, 0.4) is 0 Å². The predicted octanol–water partition coefficient (Wildman–Crippen LogP) is 5.03. The maximum Gasteiger partial charge on any atom is 0.339 e. The van der Waals surface area contributed by atoms with Crippen LogP contribution in [0.4, 0.5) is 0 Å². The molecule has 4 aromatic rings. The molecule has 0 saturated carbocycles. The normalized spacial score (nSPS) is 14.3. The van der Waals surface area contributed by atoms with E-state index in [-0.39, 0.29) is 17.3 Å². The minimum atomic E-state index is -3.60. The van der Waals surface area contributed by atoms with Gasteiger partial charge in [-0.3, -0.25) is 0 Å². The van der Waals surface area contributed by atoms with Crippen molar-refractivity contribution < 1.29 is 23.1 Å². The number of pyridine rings is 1. The third-order valence-electron chi connectivity index (χ3n) is 6.43. The van der Waals surface area contributed by atoms with Gasteiger partial charge < -0.3 is 9.84 Å². The number of nitrogens with zero attached hydrogens (tertiary/aromatic N) is 2. The van der Waals surface area contributed by atoms with E-state index < -0.39 is 16.0 Å². The molecule has 0 atom stereocenters. The highest BCUT2D eigenvalue weighted by atomic mass is 32.2. The van der Waals surface area contributed by atoms with Crippen LogP contribution in [0.25, 0.3) is 22.6 Å². The Morgan fingerprint density at radius 2 is 1.78 bits per heavy atom. The summed E-state index contributed by atoms with van der Waals surface area (Å²) in [4.78, 5) is 18.5. The Balaban J connectivity index is 1.48. The van der Waals surface area contributed by atoms with E-state index in [2.05, 4.69) is 0 Å². The number of hydrogen-bond acceptors (Lipinski definition) is 6. The lowest BCUT2D eigenvalue weighted by atomic mass is 10.0. The van der Waals surface area contributed by atoms with Crippen LogP contribution in [0.1, 0.15) is 39.2 Å². The minimum absolute atomic E-state index is 0.0583. The lowest BCUT2D eigenvalue weighted by Crippen LogP contribution is -2.22. The van der Waals surface area contributed by atoms with E-state index in [9.17, 15) is 18.3 Å². The van der Waals surface area contributed by atoms with Crippen LogP contribution in [-0.2, 0) is 27.8 Å². The maximum absolute atomic E-state index is 13.5. The third-order valence-corrected chi connectivity index (χ3v) is 8.24. The average molecular weight is 515 g/mol. The predicted molar refractivity (Wildman–Crippen MR) is 142 cm³/mol. The zero-order chi connectivity index (χ0) is 26.2. The first-order valence-corrected chi connectivity index (χ1v) is 13.3. The second-order valence-electron chi connectivity index (χ2n) is 9.10. The molecule has 0 bridgehead atoms. The molecule has 7 nitrogen and oxygen atoms in total. The molecule has 0 spiro atoms. The molecule has 8 heteroatoms. The van der Waals surface area contributed by atoms with Crippen molar-refractivity contribution in [3.05, 3.63) is 101 Å². The maximum atomic E-state index is 13.5. The number of phenolic OH excluding ortho intramolecular Hbond substituents is 1. The van der Waals surface area contributed by atoms with Crippen LogP contribution in [0, 0.1) is 0 Å². The van der Waals surface area contributed by atoms with E-state index >= 15 is 0 Å². The summed E-state index contributed by atoms with van der Waals surface area (Å²) in [5.74, 6) is -0.269. The Hall–Kier alpha value is -4.01. The van der Waals surface area contributed by atoms with Gasteiger partial charge in [-0.1, -0.05) is 42.5 Å². The van der Waals surface area contributed by atoms with E-state index in [1.54, 1.807) is 24.3 Å². The number of fused-ring (bicyclic) bond motifs is 2. The Morgan fingerprint density at radius 1 is 1.03 bits per heavy atom. The smallest absolute Gasteiger partial charge is 0.339 e. The van der Waals surface area contributed by atoms with Crippen LogP contribution >= 0.6 is 0 Å². The van der Waals surface area contributed by atoms with Crippen LogP contribution < -0.4 is 0 Å². The Morgan fingerprint density at radius 3 is 2.54 bits per heavy atom. The molecule has 1 N–H and O–H groups in total. The number of benzene rings is 3. The highest BCUT2D eigenvalue weighted by Crippen LogP contribution is 2.38. The van der Waals surface area contributed by atoms with Crippen molar-refractivity contribution in [2.75, 3.05) is 14.1 Å². The lowest BCUT2D eigenvalue weighted by Gasteiger charge is -2.14. The fourth-order valence-electron chi connectivity index (χ4n) is 4.51. The van der Waals surface area contributed by atoms with Gasteiger partial charge >= 0.3 is 5.97 Å². The molecule has 188 valence electrons. The SMILES string of the molecule is CN(C)S(=O)(=O)c1cccc(COC(=O)c2c3c(nc4ccccc24)/C(=C/c2ccc(O)cc2)CC3)c1. The molecular weight excluding hydrogens is 488 g/mol. The monoisotopic (exact) mass is 514 g/mol. The van der Waals surface area contributed by atoms with Crippen molar-refractivity contribution in [1.82, 2.24) is 9.29 Å². The van der Waals surface area contributed by atoms with E-state index in [4.69, 9.17) is 9.72 Å². The van der Waals surface area contributed by atoms with Crippen molar-refractivity contribution in [2.45, 2.75) is 24.3 Å². The zero-order valence-electron chi connectivity index (χ0n) is 20.5. The molecule has 37 heavy (non-hydrogen) atoms. The van der Waals surface area contributed by atoms with E-state index in [1.165, 1.54) is 26.2 Å². The van der Waals surface area contributed by atoms with E-state index in [0.29, 0.717) is 23.1 Å². The van der Waals surface area contributed by atoms with Gasteiger partial charge in [-0.05, 0) is 71.5 Å². The largest absolute Gasteiger partial charge is 0.508 e. The molecule has 0 unspecified atom stereocenters. The highest BCUT2D eigenvalue weighted by molar-refractivity contribution is 7.89. The third kappa shape index (κ3) is 4.85. The summed E-state index contributed by atoms with van der Waals surface area (Å²) < 4.78 is 31.8. The van der Waals surface area contributed by atoms with Gasteiger partial charge in [0.2, 0.25) is 10.0 Å². The Kier molecular flexibility index (Phi) is 6.54. The summed E-state index contributed by atoms with van der Waals surface area (Å²) in [6.45, 7) is -0.0583. The molecule has 3 aromatic carbocycles. The van der Waals surface area contributed by atoms with Crippen molar-refractivity contribution in [1.29, 1.82) is 0 Å². The highest BCUT2D eigenvalue weighted by Gasteiger charge is 2.28. The number of carbonyl (C=O) groups excluding carboxylic acids is 1. The molecule has 1 heterocycles. The van der Waals surface area contributed by atoms with Crippen molar-refractivity contribution in [3.8, 4) is 5.75 Å². The molecule has 1 aliphatic carbocycles. The number of ether oxygens (including phenoxy) is 1. The quantitative estimate of drug-likeness (QED) is 0.363. The number of hydrogen-bond donors (Lipinski definition) is 1. The minimum Gasteiger partial charge on any atom is -0.508 e. The molecular formula is C29H26N2O5S. The number of aromatic nitrogens is 1. The number of carbonyl (C=O) groups is 1. The van der Waals surface area contributed by atoms with E-state index in [1.807, 2.05) is 42.5 Å². The number of aromatic hydroxyl groups is 1. The molecule has 1 aliphatic rings. The second-order valence-corrected chi connectivity index (χ2v) is 11.3. The van der Waals surface area contributed by atoms with E-state index in [0.717, 1.165) is 38.5 Å². The number of phenols is 1. The van der Waals surface area contributed by atoms with Gasteiger partial charge in [0.15, 0.2) is 0 Å². The summed E-state index contributed by atoms with van der Waals surface area (Å²) in [6, 6.07) is 20.8. The summed E-state index contributed by atoms with van der Waals surface area (Å²) >= 11 is 0. The second kappa shape index (κ2) is 9.80. The van der Waals surface area contributed by atoms with Crippen LogP contribution in [0.5, 0.6) is 5.75 Å². The number of para-hydroxylation sites is 1. The number of rotatable bonds is 6. The number of allylic oxidation sites excluding steroid dienone is 1. The van der Waals surface area contributed by atoms with Crippen LogP contribution in [0.15, 0.2) is 77.7 Å². The summed E-state index contributed by atoms with van der Waals surface area (Å²) in [5, 5.41) is 10.3. The Labute approximate surface area is 215 Å². The molecule has 1 aromatic heterocycles. The van der Waals surface area contributed by atoms with Crippen molar-refractivity contribution in [3.63, 3.8) is 0 Å². The molecule has 0 aliphatic heterocycles. The summed E-state index contributed by atoms with van der Waals surface area (Å²) in [7, 11) is -0.649. The first kappa shape index (κ1) is 24.7. The molecule has 0 fully saturated rings. The van der Waals surface area contributed by atoms with Gasteiger partial charge in [0.25, 0.3) is 0 Å². The average Bonchev–Trinajstić information content (AvgIpc) is 3.29.